The lowest BCUT2D eigenvalue weighted by atomic mass is 10.1. The van der Waals surface area contributed by atoms with Crippen LogP contribution in [-0.2, 0) is 6.54 Å². The van der Waals surface area contributed by atoms with Crippen molar-refractivity contribution in [2.45, 2.75) is 31.9 Å². The molecule has 0 aliphatic carbocycles. The van der Waals surface area contributed by atoms with Gasteiger partial charge in [-0.15, -0.1) is 0 Å². The van der Waals surface area contributed by atoms with Crippen molar-refractivity contribution in [1.82, 2.24) is 10.2 Å². The zero-order chi connectivity index (χ0) is 17.5. The lowest BCUT2D eigenvalue weighted by molar-refractivity contribution is 0.0942. The molecule has 1 saturated heterocycles. The summed E-state index contributed by atoms with van der Waals surface area (Å²) in [4.78, 5) is 14.8. The van der Waals surface area contributed by atoms with Crippen LogP contribution in [0.4, 0.5) is 0 Å². The van der Waals surface area contributed by atoms with E-state index in [2.05, 4.69) is 16.3 Å². The standard InChI is InChI=1S/C21H26N2O2/c24-20(18-8-2-1-3-9-18)11-12-22-21(25)19-10-6-7-17(15-19)16-23-13-4-5-14-23/h1-3,6-10,15,20,24H,4-5,11-14,16H2,(H,22,25). The Labute approximate surface area is 149 Å². The van der Waals surface area contributed by atoms with Gasteiger partial charge in [-0.25, -0.2) is 0 Å². The second kappa shape index (κ2) is 8.79. The molecule has 132 valence electrons. The normalized spacial score (nSPS) is 15.9. The molecule has 2 aromatic rings. The van der Waals surface area contributed by atoms with Crippen LogP contribution in [-0.4, -0.2) is 35.5 Å². The van der Waals surface area contributed by atoms with E-state index in [1.54, 1.807) is 0 Å². The van der Waals surface area contributed by atoms with Crippen LogP contribution in [0.3, 0.4) is 0 Å². The van der Waals surface area contributed by atoms with Crippen LogP contribution in [0.15, 0.2) is 54.6 Å². The SMILES string of the molecule is O=C(NCCC(O)c1ccccc1)c1cccc(CN2CCCC2)c1. The number of nitrogens with zero attached hydrogens (tertiary/aromatic N) is 1. The lowest BCUT2D eigenvalue weighted by Gasteiger charge is -2.15. The third-order valence-corrected chi connectivity index (χ3v) is 4.68. The van der Waals surface area contributed by atoms with E-state index in [-0.39, 0.29) is 5.91 Å². The molecule has 0 spiro atoms. The number of aliphatic hydroxyl groups excluding tert-OH is 1. The molecular formula is C21H26N2O2. The number of carbonyl (C=O) groups excluding carboxylic acids is 1. The summed E-state index contributed by atoms with van der Waals surface area (Å²) < 4.78 is 0. The number of hydrogen-bond donors (Lipinski definition) is 2. The number of benzene rings is 2. The molecule has 25 heavy (non-hydrogen) atoms. The molecule has 1 heterocycles. The van der Waals surface area contributed by atoms with Crippen LogP contribution in [0, 0.1) is 0 Å². The zero-order valence-corrected chi connectivity index (χ0v) is 14.5. The van der Waals surface area contributed by atoms with Crippen molar-refractivity contribution in [3.63, 3.8) is 0 Å². The van der Waals surface area contributed by atoms with Crippen molar-refractivity contribution in [2.24, 2.45) is 0 Å². The van der Waals surface area contributed by atoms with Crippen LogP contribution < -0.4 is 5.32 Å². The molecule has 0 saturated carbocycles. The number of carbonyl (C=O) groups is 1. The van der Waals surface area contributed by atoms with Gasteiger partial charge in [-0.05, 0) is 55.6 Å². The van der Waals surface area contributed by atoms with Crippen molar-refractivity contribution >= 4 is 5.91 Å². The fourth-order valence-corrected chi connectivity index (χ4v) is 3.28. The zero-order valence-electron chi connectivity index (χ0n) is 14.5. The van der Waals surface area contributed by atoms with Gasteiger partial charge in [0.15, 0.2) is 0 Å². The van der Waals surface area contributed by atoms with E-state index in [0.717, 1.165) is 25.2 Å². The quantitative estimate of drug-likeness (QED) is 0.815. The van der Waals surface area contributed by atoms with Crippen molar-refractivity contribution in [1.29, 1.82) is 0 Å². The average molecular weight is 338 g/mol. The van der Waals surface area contributed by atoms with E-state index < -0.39 is 6.10 Å². The van der Waals surface area contributed by atoms with Gasteiger partial charge in [0, 0.05) is 18.7 Å². The Balaban J connectivity index is 1.49. The van der Waals surface area contributed by atoms with Gasteiger partial charge in [-0.3, -0.25) is 9.69 Å². The minimum absolute atomic E-state index is 0.0801. The van der Waals surface area contributed by atoms with Gasteiger partial charge < -0.3 is 10.4 Å². The van der Waals surface area contributed by atoms with Gasteiger partial charge in [-0.1, -0.05) is 42.5 Å². The molecule has 2 aromatic carbocycles. The number of nitrogens with one attached hydrogen (secondary N) is 1. The fraction of sp³-hybridized carbons (Fsp3) is 0.381. The first-order valence-electron chi connectivity index (χ1n) is 9.05. The highest BCUT2D eigenvalue weighted by Gasteiger charge is 2.13. The van der Waals surface area contributed by atoms with E-state index in [0.29, 0.717) is 18.5 Å². The third-order valence-electron chi connectivity index (χ3n) is 4.68. The first-order valence-corrected chi connectivity index (χ1v) is 9.05. The molecule has 2 N–H and O–H groups in total. The highest BCUT2D eigenvalue weighted by atomic mass is 16.3. The first kappa shape index (κ1) is 17.6. The van der Waals surface area contributed by atoms with Gasteiger partial charge in [0.25, 0.3) is 5.91 Å². The Morgan fingerprint density at radius 1 is 1.08 bits per heavy atom. The molecule has 0 radical (unpaired) electrons. The third kappa shape index (κ3) is 5.15. The second-order valence-electron chi connectivity index (χ2n) is 6.65. The summed E-state index contributed by atoms with van der Waals surface area (Å²) in [5.74, 6) is -0.0801. The largest absolute Gasteiger partial charge is 0.388 e. The molecule has 1 unspecified atom stereocenters. The Morgan fingerprint density at radius 2 is 1.84 bits per heavy atom. The maximum atomic E-state index is 12.3. The Bertz CT molecular complexity index is 681. The Kier molecular flexibility index (Phi) is 6.20. The van der Waals surface area contributed by atoms with Crippen molar-refractivity contribution in [2.75, 3.05) is 19.6 Å². The highest BCUT2D eigenvalue weighted by molar-refractivity contribution is 5.94. The van der Waals surface area contributed by atoms with Crippen LogP contribution in [0.25, 0.3) is 0 Å². The minimum atomic E-state index is -0.553. The van der Waals surface area contributed by atoms with Gasteiger partial charge >= 0.3 is 0 Å². The molecule has 1 fully saturated rings. The molecule has 1 aliphatic rings. The van der Waals surface area contributed by atoms with E-state index in [1.807, 2.05) is 48.5 Å². The monoisotopic (exact) mass is 338 g/mol. The van der Waals surface area contributed by atoms with E-state index in [4.69, 9.17) is 0 Å². The van der Waals surface area contributed by atoms with Crippen LogP contribution in [0.1, 0.15) is 46.9 Å². The van der Waals surface area contributed by atoms with Crippen molar-refractivity contribution < 1.29 is 9.90 Å². The van der Waals surface area contributed by atoms with Crippen LogP contribution in [0.5, 0.6) is 0 Å². The van der Waals surface area contributed by atoms with E-state index in [1.165, 1.54) is 18.4 Å². The molecule has 4 heteroatoms. The summed E-state index contributed by atoms with van der Waals surface area (Å²) in [7, 11) is 0. The predicted molar refractivity (Wildman–Crippen MR) is 99.3 cm³/mol. The lowest BCUT2D eigenvalue weighted by Crippen LogP contribution is -2.26. The van der Waals surface area contributed by atoms with Gasteiger partial charge in [-0.2, -0.15) is 0 Å². The van der Waals surface area contributed by atoms with E-state index in [9.17, 15) is 9.90 Å². The smallest absolute Gasteiger partial charge is 0.251 e. The highest BCUT2D eigenvalue weighted by Crippen LogP contribution is 2.16. The summed E-state index contributed by atoms with van der Waals surface area (Å²) in [6.07, 6.45) is 2.49. The number of hydrogen-bond acceptors (Lipinski definition) is 3. The molecule has 1 amide bonds. The summed E-state index contributed by atoms with van der Waals surface area (Å²) in [5, 5.41) is 13.1. The summed E-state index contributed by atoms with van der Waals surface area (Å²) >= 11 is 0. The van der Waals surface area contributed by atoms with Gasteiger partial charge in [0.05, 0.1) is 6.10 Å². The van der Waals surface area contributed by atoms with Gasteiger partial charge in [0.1, 0.15) is 0 Å². The number of rotatable bonds is 7. The van der Waals surface area contributed by atoms with Crippen LogP contribution in [0.2, 0.25) is 0 Å². The molecule has 3 rings (SSSR count). The Hall–Kier alpha value is -2.17. The number of amides is 1. The average Bonchev–Trinajstić information content (AvgIpc) is 3.15. The molecule has 0 aromatic heterocycles. The predicted octanol–water partition coefficient (Wildman–Crippen LogP) is 3.14. The first-order chi connectivity index (χ1) is 12.2. The minimum Gasteiger partial charge on any atom is -0.388 e. The van der Waals surface area contributed by atoms with Crippen molar-refractivity contribution in [3.8, 4) is 0 Å². The number of aliphatic hydroxyl groups is 1. The maximum Gasteiger partial charge on any atom is 0.251 e. The molecular weight excluding hydrogens is 312 g/mol. The molecule has 0 bridgehead atoms. The van der Waals surface area contributed by atoms with Crippen LogP contribution >= 0.6 is 0 Å². The summed E-state index contributed by atoms with van der Waals surface area (Å²) in [6.45, 7) is 3.65. The summed E-state index contributed by atoms with van der Waals surface area (Å²) in [5.41, 5.74) is 2.74. The summed E-state index contributed by atoms with van der Waals surface area (Å²) in [6, 6.07) is 17.4. The van der Waals surface area contributed by atoms with Crippen molar-refractivity contribution in [3.05, 3.63) is 71.3 Å². The fourth-order valence-electron chi connectivity index (χ4n) is 3.28. The molecule has 1 aliphatic heterocycles. The Morgan fingerprint density at radius 3 is 2.60 bits per heavy atom. The molecule has 1 atom stereocenters. The van der Waals surface area contributed by atoms with Gasteiger partial charge in [0.2, 0.25) is 0 Å². The molecule has 4 nitrogen and oxygen atoms in total. The topological polar surface area (TPSA) is 52.6 Å². The maximum absolute atomic E-state index is 12.3. The van der Waals surface area contributed by atoms with E-state index >= 15 is 0 Å². The number of likely N-dealkylation sites (tertiary alicyclic amines) is 1. The second-order valence-corrected chi connectivity index (χ2v) is 6.65.